The number of hydrogen-bond donors (Lipinski definition) is 2. The number of aliphatic imine (C=N–C) groups is 1. The summed E-state index contributed by atoms with van der Waals surface area (Å²) in [7, 11) is 0. The van der Waals surface area contributed by atoms with E-state index in [0.29, 0.717) is 0 Å². The van der Waals surface area contributed by atoms with Crippen LogP contribution >= 0.6 is 24.0 Å². The summed E-state index contributed by atoms with van der Waals surface area (Å²) >= 11 is 0. The van der Waals surface area contributed by atoms with Gasteiger partial charge in [0.25, 0.3) is 0 Å². The molecule has 6 heteroatoms. The third-order valence-corrected chi connectivity index (χ3v) is 3.06. The molecule has 0 saturated carbocycles. The van der Waals surface area contributed by atoms with E-state index in [0.717, 1.165) is 37.7 Å². The monoisotopic (exact) mass is 413 g/mol. The molecule has 0 aliphatic rings. The van der Waals surface area contributed by atoms with Gasteiger partial charge in [-0.2, -0.15) is 5.10 Å². The summed E-state index contributed by atoms with van der Waals surface area (Å²) in [5.41, 5.74) is 2.36. The van der Waals surface area contributed by atoms with Crippen LogP contribution in [0, 0.1) is 0 Å². The summed E-state index contributed by atoms with van der Waals surface area (Å²) in [5.74, 6) is 0.883. The van der Waals surface area contributed by atoms with Crippen molar-refractivity contribution in [2.24, 2.45) is 4.99 Å². The second-order valence-corrected chi connectivity index (χ2v) is 4.66. The number of guanidine groups is 1. The molecule has 0 unspecified atom stereocenters. The Kier molecular flexibility index (Phi) is 8.57. The van der Waals surface area contributed by atoms with Crippen LogP contribution in [0.15, 0.2) is 47.7 Å². The first kappa shape index (κ1) is 18.5. The first-order valence-electron chi connectivity index (χ1n) is 7.44. The van der Waals surface area contributed by atoms with E-state index >= 15 is 0 Å². The summed E-state index contributed by atoms with van der Waals surface area (Å²) in [6, 6.07) is 10.4. The third kappa shape index (κ3) is 5.67. The van der Waals surface area contributed by atoms with Crippen LogP contribution in [0.3, 0.4) is 0 Å². The Morgan fingerprint density at radius 2 is 1.82 bits per heavy atom. The Labute approximate surface area is 149 Å². The molecule has 2 aromatic rings. The number of aromatic nitrogens is 2. The number of rotatable bonds is 6. The molecule has 0 spiro atoms. The Bertz CT molecular complexity index is 540. The molecule has 0 aliphatic heterocycles. The van der Waals surface area contributed by atoms with Crippen molar-refractivity contribution in [3.8, 4) is 5.69 Å². The first-order valence-corrected chi connectivity index (χ1v) is 7.44. The summed E-state index contributed by atoms with van der Waals surface area (Å²) in [5, 5.41) is 10.7. The summed E-state index contributed by atoms with van der Waals surface area (Å²) in [6.07, 6.45) is 4.66. The fourth-order valence-electron chi connectivity index (χ4n) is 2.04. The molecule has 5 nitrogen and oxygen atoms in total. The fraction of sp³-hybridized carbons (Fsp3) is 0.375. The van der Waals surface area contributed by atoms with Crippen molar-refractivity contribution in [1.82, 2.24) is 20.4 Å². The van der Waals surface area contributed by atoms with Gasteiger partial charge in [-0.3, -0.25) is 4.99 Å². The Morgan fingerprint density at radius 1 is 1.14 bits per heavy atom. The summed E-state index contributed by atoms with van der Waals surface area (Å²) in [4.78, 5) is 4.55. The van der Waals surface area contributed by atoms with Gasteiger partial charge in [0.1, 0.15) is 0 Å². The van der Waals surface area contributed by atoms with Gasteiger partial charge in [-0.25, -0.2) is 4.68 Å². The van der Waals surface area contributed by atoms with Gasteiger partial charge in [0.15, 0.2) is 5.96 Å². The molecular weight excluding hydrogens is 389 g/mol. The van der Waals surface area contributed by atoms with E-state index in [1.54, 1.807) is 6.20 Å². The van der Waals surface area contributed by atoms with Crippen molar-refractivity contribution in [3.63, 3.8) is 0 Å². The minimum atomic E-state index is 0. The second-order valence-electron chi connectivity index (χ2n) is 4.66. The number of nitrogens with zero attached hydrogens (tertiary/aromatic N) is 3. The first-order chi connectivity index (χ1) is 10.3. The van der Waals surface area contributed by atoms with E-state index in [-0.39, 0.29) is 24.0 Å². The van der Waals surface area contributed by atoms with Crippen LogP contribution in [0.4, 0.5) is 0 Å². The summed E-state index contributed by atoms with van der Waals surface area (Å²) in [6.45, 7) is 6.67. The maximum Gasteiger partial charge on any atom is 0.191 e. The highest BCUT2D eigenvalue weighted by Gasteiger charge is 1.98. The molecule has 2 N–H and O–H groups in total. The number of nitrogens with one attached hydrogen (secondary N) is 2. The molecule has 22 heavy (non-hydrogen) atoms. The van der Waals surface area contributed by atoms with Crippen molar-refractivity contribution in [2.45, 2.75) is 20.3 Å². The predicted molar refractivity (Wildman–Crippen MR) is 102 cm³/mol. The lowest BCUT2D eigenvalue weighted by Crippen LogP contribution is -2.37. The molecule has 120 valence electrons. The number of benzene rings is 1. The zero-order valence-corrected chi connectivity index (χ0v) is 15.5. The topological polar surface area (TPSA) is 54.2 Å². The number of hydrogen-bond acceptors (Lipinski definition) is 2. The van der Waals surface area contributed by atoms with Crippen LogP contribution in [-0.2, 0) is 6.42 Å². The maximum atomic E-state index is 4.55. The quantitative estimate of drug-likeness (QED) is 0.435. The smallest absolute Gasteiger partial charge is 0.191 e. The van der Waals surface area contributed by atoms with E-state index < -0.39 is 0 Å². The Hall–Kier alpha value is -1.57. The lowest BCUT2D eigenvalue weighted by Gasteiger charge is -2.09. The number of halogens is 1. The van der Waals surface area contributed by atoms with Gasteiger partial charge in [0.2, 0.25) is 0 Å². The highest BCUT2D eigenvalue weighted by Crippen LogP contribution is 2.09. The molecule has 0 bridgehead atoms. The molecule has 0 amide bonds. The summed E-state index contributed by atoms with van der Waals surface area (Å²) < 4.78 is 1.86. The Balaban J connectivity index is 0.00000242. The van der Waals surface area contributed by atoms with Gasteiger partial charge < -0.3 is 10.6 Å². The van der Waals surface area contributed by atoms with Crippen LogP contribution < -0.4 is 10.6 Å². The average Bonchev–Trinajstić information content (AvgIpc) is 3.03. The van der Waals surface area contributed by atoms with Gasteiger partial charge >= 0.3 is 0 Å². The van der Waals surface area contributed by atoms with Crippen LogP contribution in [0.2, 0.25) is 0 Å². The van der Waals surface area contributed by atoms with E-state index in [1.807, 2.05) is 16.9 Å². The zero-order chi connectivity index (χ0) is 14.9. The molecule has 0 radical (unpaired) electrons. The minimum Gasteiger partial charge on any atom is -0.357 e. The van der Waals surface area contributed by atoms with Gasteiger partial charge in [-0.15, -0.1) is 24.0 Å². The largest absolute Gasteiger partial charge is 0.357 e. The fourth-order valence-corrected chi connectivity index (χ4v) is 2.04. The molecule has 0 saturated heterocycles. The highest BCUT2D eigenvalue weighted by atomic mass is 127. The average molecular weight is 413 g/mol. The molecular formula is C16H24IN5. The molecule has 1 heterocycles. The van der Waals surface area contributed by atoms with Gasteiger partial charge in [0, 0.05) is 32.0 Å². The molecule has 1 aromatic heterocycles. The molecule has 0 fully saturated rings. The second kappa shape index (κ2) is 10.2. The van der Waals surface area contributed by atoms with Gasteiger partial charge in [-0.05, 0) is 44.0 Å². The van der Waals surface area contributed by atoms with E-state index in [4.69, 9.17) is 0 Å². The van der Waals surface area contributed by atoms with E-state index in [2.05, 4.69) is 58.8 Å². The lowest BCUT2D eigenvalue weighted by atomic mass is 10.1. The SMILES string of the molecule is CCNC(=NCCc1ccc(-n2cccn2)cc1)NCC.I. The lowest BCUT2D eigenvalue weighted by molar-refractivity contribution is 0.832. The van der Waals surface area contributed by atoms with Crippen LogP contribution in [0.1, 0.15) is 19.4 Å². The minimum absolute atomic E-state index is 0. The molecule has 2 rings (SSSR count). The van der Waals surface area contributed by atoms with Crippen LogP contribution in [0.25, 0.3) is 5.69 Å². The molecule has 0 aliphatic carbocycles. The third-order valence-electron chi connectivity index (χ3n) is 3.06. The standard InChI is InChI=1S/C16H23N5.HI/c1-3-17-16(18-4-2)19-12-10-14-6-8-15(9-7-14)21-13-5-11-20-21;/h5-9,11,13H,3-4,10,12H2,1-2H3,(H2,17,18,19);1H. The Morgan fingerprint density at radius 3 is 2.36 bits per heavy atom. The van der Waals surface area contributed by atoms with E-state index in [9.17, 15) is 0 Å². The molecule has 1 aromatic carbocycles. The molecule has 0 atom stereocenters. The van der Waals surface area contributed by atoms with Crippen molar-refractivity contribution in [3.05, 3.63) is 48.3 Å². The normalized spacial score (nSPS) is 9.73. The van der Waals surface area contributed by atoms with Crippen LogP contribution in [0.5, 0.6) is 0 Å². The maximum absolute atomic E-state index is 4.55. The van der Waals surface area contributed by atoms with Crippen molar-refractivity contribution in [1.29, 1.82) is 0 Å². The van der Waals surface area contributed by atoms with E-state index in [1.165, 1.54) is 5.56 Å². The van der Waals surface area contributed by atoms with Crippen molar-refractivity contribution >= 4 is 29.9 Å². The zero-order valence-electron chi connectivity index (χ0n) is 13.1. The van der Waals surface area contributed by atoms with Gasteiger partial charge in [0.05, 0.1) is 5.69 Å². The van der Waals surface area contributed by atoms with Gasteiger partial charge in [-0.1, -0.05) is 12.1 Å². The predicted octanol–water partition coefficient (Wildman–Crippen LogP) is 2.61. The van der Waals surface area contributed by atoms with Crippen LogP contribution in [-0.4, -0.2) is 35.4 Å². The highest BCUT2D eigenvalue weighted by molar-refractivity contribution is 14.0. The van der Waals surface area contributed by atoms with Crippen molar-refractivity contribution < 1.29 is 0 Å². The van der Waals surface area contributed by atoms with Crippen molar-refractivity contribution in [2.75, 3.05) is 19.6 Å².